The summed E-state index contributed by atoms with van der Waals surface area (Å²) in [5.41, 5.74) is 0.920. The molecule has 1 aromatic rings. The maximum absolute atomic E-state index is 11.0. The molecule has 88 valence electrons. The first-order chi connectivity index (χ1) is 7.58. The minimum Gasteiger partial charge on any atom is -0.497 e. The van der Waals surface area contributed by atoms with Crippen LogP contribution in [-0.2, 0) is 11.2 Å². The van der Waals surface area contributed by atoms with Crippen LogP contribution in [0.4, 0.5) is 0 Å². The molecule has 0 heterocycles. The van der Waals surface area contributed by atoms with Crippen molar-refractivity contribution in [3.8, 4) is 11.5 Å². The zero-order valence-corrected chi connectivity index (χ0v) is 10.4. The van der Waals surface area contributed by atoms with Gasteiger partial charge in [0.1, 0.15) is 11.5 Å². The highest BCUT2D eigenvalue weighted by molar-refractivity contribution is 6.63. The van der Waals surface area contributed by atoms with E-state index in [0.717, 1.165) is 17.1 Å². The van der Waals surface area contributed by atoms with E-state index in [9.17, 15) is 4.79 Å². The molecule has 0 saturated heterocycles. The fraction of sp³-hybridized carbons (Fsp3) is 0.417. The number of ether oxygens (including phenoxy) is 2. The lowest BCUT2D eigenvalue weighted by molar-refractivity contribution is -0.114. The normalized spacial score (nSPS) is 12.0. The Morgan fingerprint density at radius 3 is 2.56 bits per heavy atom. The van der Waals surface area contributed by atoms with Crippen LogP contribution in [0.15, 0.2) is 18.2 Å². The van der Waals surface area contributed by atoms with Crippen molar-refractivity contribution in [3.63, 3.8) is 0 Å². The first kappa shape index (κ1) is 12.8. The zero-order chi connectivity index (χ0) is 12.1. The van der Waals surface area contributed by atoms with E-state index >= 15 is 0 Å². The van der Waals surface area contributed by atoms with Crippen LogP contribution in [0.25, 0.3) is 0 Å². The number of rotatable bonds is 5. The van der Waals surface area contributed by atoms with E-state index in [1.165, 1.54) is 0 Å². The first-order valence-corrected chi connectivity index (χ1v) is 5.36. The topological polar surface area (TPSA) is 35.5 Å². The van der Waals surface area contributed by atoms with Crippen molar-refractivity contribution in [2.24, 2.45) is 5.92 Å². The number of hydrogen-bond acceptors (Lipinski definition) is 3. The molecule has 0 bridgehead atoms. The smallest absolute Gasteiger partial charge is 0.224 e. The first-order valence-electron chi connectivity index (χ1n) is 4.98. The molecule has 0 fully saturated rings. The fourth-order valence-electron chi connectivity index (χ4n) is 1.45. The lowest BCUT2D eigenvalue weighted by Crippen LogP contribution is -2.08. The third kappa shape index (κ3) is 3.14. The molecule has 0 aliphatic heterocycles. The molecule has 1 unspecified atom stereocenters. The maximum atomic E-state index is 11.0. The minimum absolute atomic E-state index is 0.234. The second kappa shape index (κ2) is 5.75. The van der Waals surface area contributed by atoms with E-state index in [1.807, 2.05) is 18.2 Å². The van der Waals surface area contributed by atoms with E-state index in [1.54, 1.807) is 21.1 Å². The molecule has 0 saturated carbocycles. The van der Waals surface area contributed by atoms with Gasteiger partial charge >= 0.3 is 0 Å². The molecule has 1 rings (SSSR count). The quantitative estimate of drug-likeness (QED) is 0.745. The van der Waals surface area contributed by atoms with Crippen molar-refractivity contribution in [2.75, 3.05) is 14.2 Å². The Morgan fingerprint density at radius 2 is 2.06 bits per heavy atom. The summed E-state index contributed by atoms with van der Waals surface area (Å²) in [5, 5.41) is -0.343. The van der Waals surface area contributed by atoms with Crippen LogP contribution in [0.2, 0.25) is 0 Å². The highest BCUT2D eigenvalue weighted by Crippen LogP contribution is 2.26. The van der Waals surface area contributed by atoms with Crippen molar-refractivity contribution < 1.29 is 14.3 Å². The number of hydrogen-bond donors (Lipinski definition) is 0. The van der Waals surface area contributed by atoms with Gasteiger partial charge in [0, 0.05) is 5.92 Å². The van der Waals surface area contributed by atoms with Crippen LogP contribution >= 0.6 is 11.6 Å². The second-order valence-corrected chi connectivity index (χ2v) is 3.96. The van der Waals surface area contributed by atoms with Crippen LogP contribution in [0.1, 0.15) is 12.5 Å². The van der Waals surface area contributed by atoms with Gasteiger partial charge in [0.15, 0.2) is 0 Å². The van der Waals surface area contributed by atoms with Gasteiger partial charge in [-0.25, -0.2) is 0 Å². The van der Waals surface area contributed by atoms with Crippen LogP contribution in [0.3, 0.4) is 0 Å². The number of methoxy groups -OCH3 is 2. The van der Waals surface area contributed by atoms with Gasteiger partial charge in [-0.1, -0.05) is 6.92 Å². The second-order valence-electron chi connectivity index (χ2n) is 3.59. The molecule has 1 atom stereocenters. The third-order valence-corrected chi connectivity index (χ3v) is 2.77. The van der Waals surface area contributed by atoms with Gasteiger partial charge < -0.3 is 9.47 Å². The summed E-state index contributed by atoms with van der Waals surface area (Å²) in [6.07, 6.45) is 0.544. The number of carbonyl (C=O) groups is 1. The van der Waals surface area contributed by atoms with E-state index in [0.29, 0.717) is 6.42 Å². The van der Waals surface area contributed by atoms with E-state index in [4.69, 9.17) is 21.1 Å². The molecule has 0 N–H and O–H groups in total. The zero-order valence-electron chi connectivity index (χ0n) is 9.62. The van der Waals surface area contributed by atoms with E-state index in [2.05, 4.69) is 0 Å². The number of benzene rings is 1. The Morgan fingerprint density at radius 1 is 1.38 bits per heavy atom. The van der Waals surface area contributed by atoms with Gasteiger partial charge in [0.2, 0.25) is 5.24 Å². The predicted molar refractivity (Wildman–Crippen MR) is 63.3 cm³/mol. The lowest BCUT2D eigenvalue weighted by Gasteiger charge is -2.12. The highest BCUT2D eigenvalue weighted by atomic mass is 35.5. The summed E-state index contributed by atoms with van der Waals surface area (Å²) in [4.78, 5) is 11.0. The van der Waals surface area contributed by atoms with Crippen molar-refractivity contribution in [3.05, 3.63) is 23.8 Å². The summed E-state index contributed by atoms with van der Waals surface area (Å²) in [6, 6.07) is 5.49. The van der Waals surface area contributed by atoms with Crippen LogP contribution in [0.5, 0.6) is 11.5 Å². The Balaban J connectivity index is 2.95. The molecule has 0 aliphatic carbocycles. The van der Waals surface area contributed by atoms with Gasteiger partial charge in [0.25, 0.3) is 0 Å². The summed E-state index contributed by atoms with van der Waals surface area (Å²) in [7, 11) is 3.19. The molecule has 16 heavy (non-hydrogen) atoms. The molecular formula is C12H15ClO3. The summed E-state index contributed by atoms with van der Waals surface area (Å²) < 4.78 is 10.3. The summed E-state index contributed by atoms with van der Waals surface area (Å²) in [5.74, 6) is 1.25. The fourth-order valence-corrected chi connectivity index (χ4v) is 1.53. The molecule has 3 nitrogen and oxygen atoms in total. The number of carbonyl (C=O) groups excluding carboxylic acids is 1. The lowest BCUT2D eigenvalue weighted by atomic mass is 10.0. The molecule has 0 amide bonds. The van der Waals surface area contributed by atoms with Crippen molar-refractivity contribution in [2.45, 2.75) is 13.3 Å². The predicted octanol–water partition coefficient (Wildman–Crippen LogP) is 2.65. The summed E-state index contributed by atoms with van der Waals surface area (Å²) in [6.45, 7) is 1.79. The van der Waals surface area contributed by atoms with E-state index < -0.39 is 0 Å². The molecule has 0 radical (unpaired) electrons. The third-order valence-electron chi connectivity index (χ3n) is 2.40. The highest BCUT2D eigenvalue weighted by Gasteiger charge is 2.14. The maximum Gasteiger partial charge on any atom is 0.224 e. The minimum atomic E-state index is -0.343. The van der Waals surface area contributed by atoms with Crippen LogP contribution in [0, 0.1) is 5.92 Å². The van der Waals surface area contributed by atoms with Crippen molar-refractivity contribution >= 4 is 16.8 Å². The molecule has 0 aliphatic rings. The Bertz CT molecular complexity index is 377. The van der Waals surface area contributed by atoms with Crippen LogP contribution in [-0.4, -0.2) is 19.5 Å². The van der Waals surface area contributed by atoms with Crippen molar-refractivity contribution in [1.29, 1.82) is 0 Å². The molecule has 4 heteroatoms. The van der Waals surface area contributed by atoms with Gasteiger partial charge in [-0.2, -0.15) is 0 Å². The molecular weight excluding hydrogens is 228 g/mol. The molecule has 1 aromatic carbocycles. The van der Waals surface area contributed by atoms with Gasteiger partial charge in [-0.15, -0.1) is 0 Å². The average molecular weight is 243 g/mol. The average Bonchev–Trinajstić information content (AvgIpc) is 2.28. The van der Waals surface area contributed by atoms with Gasteiger partial charge in [0.05, 0.1) is 14.2 Å². The Labute approximate surface area is 100 Å². The van der Waals surface area contributed by atoms with Crippen molar-refractivity contribution in [1.82, 2.24) is 0 Å². The molecule has 0 spiro atoms. The van der Waals surface area contributed by atoms with Gasteiger partial charge in [-0.05, 0) is 41.8 Å². The number of halogens is 1. The summed E-state index contributed by atoms with van der Waals surface area (Å²) >= 11 is 5.44. The SMILES string of the molecule is COc1ccc(OC)c(CC(C)C(=O)Cl)c1. The molecule has 0 aromatic heterocycles. The Hall–Kier alpha value is -1.22. The monoisotopic (exact) mass is 242 g/mol. The Kier molecular flexibility index (Phi) is 4.62. The largest absolute Gasteiger partial charge is 0.497 e. The standard InChI is InChI=1S/C12H15ClO3/c1-8(12(13)14)6-9-7-10(15-2)4-5-11(9)16-3/h4-5,7-8H,6H2,1-3H3. The van der Waals surface area contributed by atoms with Crippen LogP contribution < -0.4 is 9.47 Å². The van der Waals surface area contributed by atoms with E-state index in [-0.39, 0.29) is 11.2 Å². The van der Waals surface area contributed by atoms with Gasteiger partial charge in [-0.3, -0.25) is 4.79 Å².